The normalized spacial score (nSPS) is 15.5. The largest absolute Gasteiger partial charge is 0.334 e. The summed E-state index contributed by atoms with van der Waals surface area (Å²) < 4.78 is 13.8. The molecule has 0 aliphatic heterocycles. The number of terminal acetylenes is 1. The zero-order valence-corrected chi connectivity index (χ0v) is 11.7. The highest BCUT2D eigenvalue weighted by Gasteiger charge is 2.35. The summed E-state index contributed by atoms with van der Waals surface area (Å²) in [7, 11) is 0. The third-order valence-electron chi connectivity index (χ3n) is 3.32. The lowest BCUT2D eigenvalue weighted by Crippen LogP contribution is -2.44. The van der Waals surface area contributed by atoms with Crippen LogP contribution in [0.5, 0.6) is 0 Å². The lowest BCUT2D eigenvalue weighted by atomic mass is 10.1. The van der Waals surface area contributed by atoms with E-state index in [2.05, 4.69) is 5.92 Å². The molecule has 1 unspecified atom stereocenters. The van der Waals surface area contributed by atoms with Gasteiger partial charge in [-0.25, -0.2) is 4.39 Å². The molecule has 1 amide bonds. The summed E-state index contributed by atoms with van der Waals surface area (Å²) in [6.45, 7) is 0.132. The van der Waals surface area contributed by atoms with E-state index in [9.17, 15) is 9.18 Å². The SMILES string of the molecule is C#CCC(N)C(=O)N(Cc1c(F)cccc1Cl)C1CC1. The summed E-state index contributed by atoms with van der Waals surface area (Å²) in [4.78, 5) is 13.9. The molecule has 106 valence electrons. The first kappa shape index (κ1) is 14.8. The summed E-state index contributed by atoms with van der Waals surface area (Å²) in [5.41, 5.74) is 6.09. The predicted molar refractivity (Wildman–Crippen MR) is 76.4 cm³/mol. The van der Waals surface area contributed by atoms with E-state index in [1.54, 1.807) is 11.0 Å². The fourth-order valence-corrected chi connectivity index (χ4v) is 2.28. The van der Waals surface area contributed by atoms with Gasteiger partial charge in [0.2, 0.25) is 5.91 Å². The van der Waals surface area contributed by atoms with Crippen molar-refractivity contribution < 1.29 is 9.18 Å². The Balaban J connectivity index is 2.18. The van der Waals surface area contributed by atoms with Gasteiger partial charge in [0.1, 0.15) is 5.82 Å². The molecule has 1 aromatic rings. The number of rotatable bonds is 5. The molecular weight excluding hydrogens is 279 g/mol. The number of nitrogens with two attached hydrogens (primary N) is 1. The zero-order valence-electron chi connectivity index (χ0n) is 11.0. The van der Waals surface area contributed by atoms with Crippen molar-refractivity contribution >= 4 is 17.5 Å². The minimum Gasteiger partial charge on any atom is -0.334 e. The molecule has 1 aromatic carbocycles. The second kappa shape index (κ2) is 6.25. The molecular formula is C15H16ClFN2O. The molecule has 2 rings (SSSR count). The Labute approximate surface area is 122 Å². The van der Waals surface area contributed by atoms with Gasteiger partial charge in [-0.15, -0.1) is 12.3 Å². The molecule has 0 saturated heterocycles. The first-order valence-corrected chi connectivity index (χ1v) is 6.84. The van der Waals surface area contributed by atoms with Crippen LogP contribution in [0.1, 0.15) is 24.8 Å². The van der Waals surface area contributed by atoms with E-state index in [4.69, 9.17) is 23.8 Å². The molecule has 5 heteroatoms. The summed E-state index contributed by atoms with van der Waals surface area (Å²) in [6, 6.07) is 3.84. The number of nitrogens with zero attached hydrogens (tertiary/aromatic N) is 1. The van der Waals surface area contributed by atoms with Gasteiger partial charge in [0, 0.05) is 23.0 Å². The number of amides is 1. The topological polar surface area (TPSA) is 46.3 Å². The van der Waals surface area contributed by atoms with Crippen LogP contribution in [0.4, 0.5) is 4.39 Å². The number of hydrogen-bond acceptors (Lipinski definition) is 2. The van der Waals surface area contributed by atoms with E-state index in [1.165, 1.54) is 12.1 Å². The van der Waals surface area contributed by atoms with Crippen LogP contribution in [0, 0.1) is 18.2 Å². The Morgan fingerprint density at radius 2 is 2.30 bits per heavy atom. The predicted octanol–water partition coefficient (Wildman–Crippen LogP) is 2.32. The van der Waals surface area contributed by atoms with Gasteiger partial charge in [-0.05, 0) is 25.0 Å². The van der Waals surface area contributed by atoms with Gasteiger partial charge in [0.25, 0.3) is 0 Å². The van der Waals surface area contributed by atoms with Crippen LogP contribution in [0.25, 0.3) is 0 Å². The molecule has 0 aromatic heterocycles. The van der Waals surface area contributed by atoms with E-state index in [-0.39, 0.29) is 24.9 Å². The molecule has 2 N–H and O–H groups in total. The molecule has 1 saturated carbocycles. The van der Waals surface area contributed by atoms with Crippen LogP contribution >= 0.6 is 11.6 Å². The smallest absolute Gasteiger partial charge is 0.241 e. The lowest BCUT2D eigenvalue weighted by molar-refractivity contribution is -0.133. The quantitative estimate of drug-likeness (QED) is 0.847. The first-order chi connectivity index (χ1) is 9.54. The van der Waals surface area contributed by atoms with E-state index in [0.717, 1.165) is 12.8 Å². The van der Waals surface area contributed by atoms with Crippen molar-refractivity contribution in [3.63, 3.8) is 0 Å². The number of benzene rings is 1. The van der Waals surface area contributed by atoms with Crippen molar-refractivity contribution in [2.75, 3.05) is 0 Å². The minimum absolute atomic E-state index is 0.113. The lowest BCUT2D eigenvalue weighted by Gasteiger charge is -2.25. The maximum absolute atomic E-state index is 13.8. The van der Waals surface area contributed by atoms with Gasteiger partial charge >= 0.3 is 0 Å². The Morgan fingerprint density at radius 1 is 1.60 bits per heavy atom. The van der Waals surface area contributed by atoms with Crippen molar-refractivity contribution in [1.82, 2.24) is 4.90 Å². The van der Waals surface area contributed by atoms with Crippen molar-refractivity contribution in [3.05, 3.63) is 34.6 Å². The summed E-state index contributed by atoms with van der Waals surface area (Å²) >= 11 is 6.00. The highest BCUT2D eigenvalue weighted by Crippen LogP contribution is 2.31. The average molecular weight is 295 g/mol. The molecule has 0 spiro atoms. The highest BCUT2D eigenvalue weighted by molar-refractivity contribution is 6.31. The van der Waals surface area contributed by atoms with Crippen LogP contribution in [0.15, 0.2) is 18.2 Å². The zero-order chi connectivity index (χ0) is 14.7. The molecule has 1 aliphatic rings. The monoisotopic (exact) mass is 294 g/mol. The standard InChI is InChI=1S/C15H16ClFN2O/c1-2-4-14(18)15(20)19(10-7-8-10)9-11-12(16)5-3-6-13(11)17/h1,3,5-6,10,14H,4,7-9,18H2. The van der Waals surface area contributed by atoms with Crippen LogP contribution in [-0.2, 0) is 11.3 Å². The number of halogens is 2. The fraction of sp³-hybridized carbons (Fsp3) is 0.400. The third kappa shape index (κ3) is 3.30. The molecule has 0 radical (unpaired) electrons. The van der Waals surface area contributed by atoms with Crippen LogP contribution < -0.4 is 5.73 Å². The maximum atomic E-state index is 13.8. The second-order valence-corrected chi connectivity index (χ2v) is 5.32. The molecule has 1 fully saturated rings. The van der Waals surface area contributed by atoms with Crippen LogP contribution in [0.3, 0.4) is 0 Å². The van der Waals surface area contributed by atoms with Crippen molar-refractivity contribution in [3.8, 4) is 12.3 Å². The Morgan fingerprint density at radius 3 is 2.85 bits per heavy atom. The molecule has 0 bridgehead atoms. The molecule has 3 nitrogen and oxygen atoms in total. The molecule has 1 atom stereocenters. The highest BCUT2D eigenvalue weighted by atomic mass is 35.5. The van der Waals surface area contributed by atoms with E-state index in [1.807, 2.05) is 0 Å². The van der Waals surface area contributed by atoms with E-state index < -0.39 is 11.9 Å². The van der Waals surface area contributed by atoms with Crippen molar-refractivity contribution in [2.45, 2.75) is 37.9 Å². The average Bonchev–Trinajstić information content (AvgIpc) is 3.22. The van der Waals surface area contributed by atoms with Gasteiger partial charge < -0.3 is 10.6 Å². The van der Waals surface area contributed by atoms with Gasteiger partial charge in [-0.1, -0.05) is 17.7 Å². The summed E-state index contributed by atoms with van der Waals surface area (Å²) in [5, 5.41) is 0.314. The second-order valence-electron chi connectivity index (χ2n) is 4.91. The van der Waals surface area contributed by atoms with Crippen LogP contribution in [-0.4, -0.2) is 22.9 Å². The van der Waals surface area contributed by atoms with Gasteiger partial charge in [0.15, 0.2) is 0 Å². The maximum Gasteiger partial charge on any atom is 0.241 e. The van der Waals surface area contributed by atoms with Gasteiger partial charge in [0.05, 0.1) is 12.6 Å². The van der Waals surface area contributed by atoms with Crippen molar-refractivity contribution in [1.29, 1.82) is 0 Å². The minimum atomic E-state index is -0.744. The van der Waals surface area contributed by atoms with E-state index >= 15 is 0 Å². The summed E-state index contributed by atoms with van der Waals surface area (Å²) in [6.07, 6.45) is 7.16. The van der Waals surface area contributed by atoms with Gasteiger partial charge in [-0.3, -0.25) is 4.79 Å². The first-order valence-electron chi connectivity index (χ1n) is 6.47. The van der Waals surface area contributed by atoms with Crippen molar-refractivity contribution in [2.24, 2.45) is 5.73 Å². The molecule has 1 aliphatic carbocycles. The third-order valence-corrected chi connectivity index (χ3v) is 3.67. The fourth-order valence-electron chi connectivity index (χ4n) is 2.05. The Hall–Kier alpha value is -1.57. The number of carbonyl (C=O) groups is 1. The molecule has 0 heterocycles. The Kier molecular flexibility index (Phi) is 4.64. The summed E-state index contributed by atoms with van der Waals surface area (Å²) in [5.74, 6) is 1.72. The number of hydrogen-bond donors (Lipinski definition) is 1. The van der Waals surface area contributed by atoms with Gasteiger partial charge in [-0.2, -0.15) is 0 Å². The van der Waals surface area contributed by atoms with Crippen LogP contribution in [0.2, 0.25) is 5.02 Å². The Bertz CT molecular complexity index is 531. The number of carbonyl (C=O) groups excluding carboxylic acids is 1. The molecule has 20 heavy (non-hydrogen) atoms. The van der Waals surface area contributed by atoms with E-state index in [0.29, 0.717) is 10.6 Å².